The predicted octanol–water partition coefficient (Wildman–Crippen LogP) is 3.09. The average molecular weight is 154 g/mol. The molecular formula is C4H3Cl2S+. The molecule has 0 aliphatic rings. The Bertz CT molecular complexity index is 142. The minimum absolute atomic E-state index is 0.299. The van der Waals surface area contributed by atoms with Gasteiger partial charge in [-0.25, -0.2) is 0 Å². The van der Waals surface area contributed by atoms with E-state index in [4.69, 9.17) is 22.3 Å². The van der Waals surface area contributed by atoms with Crippen molar-refractivity contribution in [3.8, 4) is 0 Å². The highest BCUT2D eigenvalue weighted by Gasteiger charge is 2.04. The number of hydrogen-bond acceptors (Lipinski definition) is 0. The summed E-state index contributed by atoms with van der Waals surface area (Å²) in [4.78, 5) is 0. The number of halogens is 2. The first-order chi connectivity index (χ1) is 3.30. The van der Waals surface area contributed by atoms with Gasteiger partial charge in [-0.3, -0.25) is 0 Å². The van der Waals surface area contributed by atoms with Crippen LogP contribution in [0.25, 0.3) is 0 Å². The molecule has 0 aliphatic carbocycles. The summed E-state index contributed by atoms with van der Waals surface area (Å²) in [6.07, 6.45) is 0. The molecule has 0 saturated heterocycles. The van der Waals surface area contributed by atoms with E-state index < -0.39 is 0 Å². The first-order valence-electron chi connectivity index (χ1n) is 1.74. The molecule has 0 bridgehead atoms. The van der Waals surface area contributed by atoms with Gasteiger partial charge in [0.1, 0.15) is 9.68 Å². The van der Waals surface area contributed by atoms with Crippen LogP contribution in [0.3, 0.4) is 0 Å². The van der Waals surface area contributed by atoms with Crippen LogP contribution in [0.4, 0.5) is 0 Å². The third-order valence-electron chi connectivity index (χ3n) is 0.612. The Morgan fingerprint density at radius 1 is 1.57 bits per heavy atom. The van der Waals surface area contributed by atoms with E-state index in [0.29, 0.717) is 0 Å². The highest BCUT2D eigenvalue weighted by atomic mass is 35.7. The van der Waals surface area contributed by atoms with Gasteiger partial charge in [0.2, 0.25) is 10.7 Å². The minimum Gasteiger partial charge on any atom is -0.0224 e. The number of thiophene rings is 1. The standard InChI is InChI=1S/C4H3Cl2S/c5-4-2-1-3-7(4)6/h1-3H/q+1. The molecule has 3 heteroatoms. The largest absolute Gasteiger partial charge is 0.261 e. The average Bonchev–Trinajstić information content (AvgIpc) is 1.91. The Morgan fingerprint density at radius 3 is 2.43 bits per heavy atom. The van der Waals surface area contributed by atoms with Crippen molar-refractivity contribution in [1.29, 1.82) is 0 Å². The molecule has 0 spiro atoms. The summed E-state index contributed by atoms with van der Waals surface area (Å²) >= 11 is 5.54. The Morgan fingerprint density at radius 2 is 2.29 bits per heavy atom. The predicted molar refractivity (Wildman–Crippen MR) is 35.2 cm³/mol. The molecule has 1 rings (SSSR count). The molecule has 7 heavy (non-hydrogen) atoms. The van der Waals surface area contributed by atoms with Gasteiger partial charge in [-0.05, 0) is 17.7 Å². The quantitative estimate of drug-likeness (QED) is 0.503. The van der Waals surface area contributed by atoms with Gasteiger partial charge in [-0.15, -0.1) is 0 Å². The maximum atomic E-state index is 5.60. The van der Waals surface area contributed by atoms with Gasteiger partial charge in [0.15, 0.2) is 5.38 Å². The van der Waals surface area contributed by atoms with Crippen molar-refractivity contribution in [3.05, 3.63) is 21.8 Å². The van der Waals surface area contributed by atoms with E-state index in [9.17, 15) is 0 Å². The van der Waals surface area contributed by atoms with Crippen molar-refractivity contribution in [2.24, 2.45) is 0 Å². The second kappa shape index (κ2) is 2.03. The molecule has 1 aromatic heterocycles. The van der Waals surface area contributed by atoms with Gasteiger partial charge in [0, 0.05) is 6.07 Å². The zero-order valence-corrected chi connectivity index (χ0v) is 5.72. The second-order valence-electron chi connectivity index (χ2n) is 1.08. The Labute approximate surface area is 54.2 Å². The molecule has 1 unspecified atom stereocenters. The Balaban J connectivity index is 3.12. The van der Waals surface area contributed by atoms with Crippen molar-refractivity contribution in [1.82, 2.24) is 0 Å². The van der Waals surface area contributed by atoms with Crippen LogP contribution in [0.2, 0.25) is 4.34 Å². The summed E-state index contributed by atoms with van der Waals surface area (Å²) in [5, 5.41) is 1.86. The SMILES string of the molecule is Clc1ccc[s+]1Cl. The first-order valence-corrected chi connectivity index (χ1v) is 4.23. The lowest BCUT2D eigenvalue weighted by atomic mass is 10.7. The van der Waals surface area contributed by atoms with Gasteiger partial charge in [0.05, 0.1) is 0 Å². The maximum Gasteiger partial charge on any atom is 0.261 e. The second-order valence-corrected chi connectivity index (χ2v) is 3.99. The van der Waals surface area contributed by atoms with Crippen LogP contribution in [0.15, 0.2) is 17.5 Å². The van der Waals surface area contributed by atoms with E-state index in [0.717, 1.165) is 4.34 Å². The van der Waals surface area contributed by atoms with Crippen molar-refractivity contribution >= 4 is 32.0 Å². The summed E-state index contributed by atoms with van der Waals surface area (Å²) in [6.45, 7) is 0. The van der Waals surface area contributed by atoms with Crippen LogP contribution in [0.5, 0.6) is 0 Å². The minimum atomic E-state index is -0.299. The molecule has 0 aromatic carbocycles. The van der Waals surface area contributed by atoms with Gasteiger partial charge in [-0.2, -0.15) is 0 Å². The van der Waals surface area contributed by atoms with E-state index in [2.05, 4.69) is 0 Å². The Kier molecular flexibility index (Phi) is 1.57. The third-order valence-corrected chi connectivity index (χ3v) is 3.19. The van der Waals surface area contributed by atoms with Crippen molar-refractivity contribution in [2.75, 3.05) is 0 Å². The van der Waals surface area contributed by atoms with Crippen LogP contribution in [-0.4, -0.2) is 0 Å². The van der Waals surface area contributed by atoms with Crippen molar-refractivity contribution in [2.45, 2.75) is 0 Å². The lowest BCUT2D eigenvalue weighted by Crippen LogP contribution is -1.35. The summed E-state index contributed by atoms with van der Waals surface area (Å²) < 4.78 is 0.738. The van der Waals surface area contributed by atoms with Gasteiger partial charge in [-0.1, -0.05) is 0 Å². The molecule has 0 aliphatic heterocycles. The number of hydrogen-bond donors (Lipinski definition) is 0. The summed E-state index contributed by atoms with van der Waals surface area (Å²) in [5.41, 5.74) is 0. The fraction of sp³-hybridized carbons (Fsp3) is 0. The van der Waals surface area contributed by atoms with E-state index in [1.807, 2.05) is 11.4 Å². The van der Waals surface area contributed by atoms with Gasteiger partial charge < -0.3 is 0 Å². The third kappa shape index (κ3) is 1.09. The van der Waals surface area contributed by atoms with E-state index in [1.54, 1.807) is 6.07 Å². The van der Waals surface area contributed by atoms with Crippen LogP contribution in [-0.2, 0) is 0 Å². The molecular weight excluding hydrogens is 151 g/mol. The fourth-order valence-electron chi connectivity index (χ4n) is 0.314. The normalized spacial score (nSPS) is 12.0. The highest BCUT2D eigenvalue weighted by molar-refractivity contribution is 7.62. The smallest absolute Gasteiger partial charge is 0.0224 e. The molecule has 0 radical (unpaired) electrons. The molecule has 1 atom stereocenters. The van der Waals surface area contributed by atoms with Crippen molar-refractivity contribution < 1.29 is 0 Å². The Hall–Kier alpha value is 0.280. The fourth-order valence-corrected chi connectivity index (χ4v) is 1.43. The molecule has 0 fully saturated rings. The summed E-state index contributed by atoms with van der Waals surface area (Å²) in [6, 6.07) is 3.66. The van der Waals surface area contributed by atoms with Gasteiger partial charge >= 0.3 is 0 Å². The molecule has 1 heterocycles. The molecule has 0 N–H and O–H groups in total. The van der Waals surface area contributed by atoms with Crippen molar-refractivity contribution in [3.63, 3.8) is 0 Å². The van der Waals surface area contributed by atoms with E-state index >= 15 is 0 Å². The molecule has 0 nitrogen and oxygen atoms in total. The topological polar surface area (TPSA) is 0 Å². The molecule has 0 amide bonds. The summed E-state index contributed by atoms with van der Waals surface area (Å²) in [5.74, 6) is 0. The van der Waals surface area contributed by atoms with Gasteiger partial charge in [0.25, 0.3) is 4.34 Å². The van der Waals surface area contributed by atoms with Crippen LogP contribution >= 0.6 is 32.0 Å². The van der Waals surface area contributed by atoms with Crippen LogP contribution in [0.1, 0.15) is 0 Å². The molecule has 38 valence electrons. The highest BCUT2D eigenvalue weighted by Crippen LogP contribution is 2.32. The maximum absolute atomic E-state index is 5.60. The summed E-state index contributed by atoms with van der Waals surface area (Å²) in [7, 11) is 5.30. The lowest BCUT2D eigenvalue weighted by molar-refractivity contribution is 2.02. The zero-order valence-electron chi connectivity index (χ0n) is 3.40. The monoisotopic (exact) mass is 153 g/mol. The molecule has 1 aromatic rings. The molecule has 0 saturated carbocycles. The van der Waals surface area contributed by atoms with E-state index in [1.165, 1.54) is 0 Å². The van der Waals surface area contributed by atoms with Crippen LogP contribution < -0.4 is 0 Å². The first kappa shape index (κ1) is 5.42. The van der Waals surface area contributed by atoms with Crippen LogP contribution in [0, 0.1) is 0 Å². The number of rotatable bonds is 0. The lowest BCUT2D eigenvalue weighted by Gasteiger charge is -1.61. The zero-order chi connectivity index (χ0) is 5.28. The van der Waals surface area contributed by atoms with E-state index in [-0.39, 0.29) is 9.68 Å².